The lowest BCUT2D eigenvalue weighted by atomic mass is 10.3. The SMILES string of the molecule is CC(C)NCc1ccnc(N)n1. The van der Waals surface area contributed by atoms with Gasteiger partial charge in [0.25, 0.3) is 0 Å². The standard InChI is InChI=1S/C8H14N4/c1-6(2)11-5-7-3-4-10-8(9)12-7/h3-4,6,11H,5H2,1-2H3,(H2,9,10,12). The average Bonchev–Trinajstić information content (AvgIpc) is 2.01. The zero-order valence-corrected chi connectivity index (χ0v) is 7.41. The maximum absolute atomic E-state index is 5.41. The fourth-order valence-electron chi connectivity index (χ4n) is 0.820. The lowest BCUT2D eigenvalue weighted by molar-refractivity contribution is 0.581. The van der Waals surface area contributed by atoms with E-state index in [2.05, 4.69) is 29.1 Å². The summed E-state index contributed by atoms with van der Waals surface area (Å²) in [5.41, 5.74) is 6.34. The summed E-state index contributed by atoms with van der Waals surface area (Å²) >= 11 is 0. The third-order valence-electron chi connectivity index (χ3n) is 1.42. The van der Waals surface area contributed by atoms with Crippen molar-refractivity contribution in [3.8, 4) is 0 Å². The minimum absolute atomic E-state index is 0.332. The molecule has 0 atom stereocenters. The molecule has 1 rings (SSSR count). The van der Waals surface area contributed by atoms with Crippen LogP contribution in [0.3, 0.4) is 0 Å². The van der Waals surface area contributed by atoms with Crippen molar-refractivity contribution in [3.63, 3.8) is 0 Å². The Kier molecular flexibility index (Phi) is 2.99. The molecule has 0 saturated carbocycles. The van der Waals surface area contributed by atoms with Crippen LogP contribution in [0.2, 0.25) is 0 Å². The van der Waals surface area contributed by atoms with Crippen LogP contribution in [-0.2, 0) is 6.54 Å². The van der Waals surface area contributed by atoms with Crippen molar-refractivity contribution in [1.29, 1.82) is 0 Å². The van der Waals surface area contributed by atoms with Gasteiger partial charge in [-0.3, -0.25) is 0 Å². The Morgan fingerprint density at radius 3 is 2.92 bits per heavy atom. The molecule has 4 nitrogen and oxygen atoms in total. The molecule has 0 aliphatic rings. The van der Waals surface area contributed by atoms with E-state index in [0.29, 0.717) is 12.0 Å². The van der Waals surface area contributed by atoms with Crippen LogP contribution < -0.4 is 11.1 Å². The van der Waals surface area contributed by atoms with E-state index in [1.54, 1.807) is 6.20 Å². The van der Waals surface area contributed by atoms with Crippen molar-refractivity contribution < 1.29 is 0 Å². The van der Waals surface area contributed by atoms with Crippen LogP contribution in [0.5, 0.6) is 0 Å². The van der Waals surface area contributed by atoms with Gasteiger partial charge in [-0.25, -0.2) is 9.97 Å². The van der Waals surface area contributed by atoms with Gasteiger partial charge in [0.05, 0.1) is 5.69 Å². The first-order chi connectivity index (χ1) is 5.68. The van der Waals surface area contributed by atoms with Gasteiger partial charge in [-0.2, -0.15) is 0 Å². The lowest BCUT2D eigenvalue weighted by Gasteiger charge is -2.06. The van der Waals surface area contributed by atoms with Gasteiger partial charge in [-0.05, 0) is 6.07 Å². The molecule has 0 aliphatic heterocycles. The summed E-state index contributed by atoms with van der Waals surface area (Å²) in [6, 6.07) is 2.31. The van der Waals surface area contributed by atoms with E-state index in [1.165, 1.54) is 0 Å². The second-order valence-electron chi connectivity index (χ2n) is 2.94. The molecule has 1 heterocycles. The van der Waals surface area contributed by atoms with E-state index in [0.717, 1.165) is 12.2 Å². The van der Waals surface area contributed by atoms with Gasteiger partial charge in [-0.15, -0.1) is 0 Å². The Morgan fingerprint density at radius 2 is 2.33 bits per heavy atom. The molecule has 0 amide bonds. The molecule has 12 heavy (non-hydrogen) atoms. The quantitative estimate of drug-likeness (QED) is 0.688. The number of rotatable bonds is 3. The molecule has 0 saturated heterocycles. The molecule has 0 aliphatic carbocycles. The van der Waals surface area contributed by atoms with Crippen LogP contribution in [-0.4, -0.2) is 16.0 Å². The molecular formula is C8H14N4. The van der Waals surface area contributed by atoms with Crippen molar-refractivity contribution >= 4 is 5.95 Å². The number of nitrogens with zero attached hydrogens (tertiary/aromatic N) is 2. The van der Waals surface area contributed by atoms with Gasteiger partial charge >= 0.3 is 0 Å². The van der Waals surface area contributed by atoms with Crippen LogP contribution in [0.25, 0.3) is 0 Å². The van der Waals surface area contributed by atoms with Gasteiger partial charge in [0.15, 0.2) is 0 Å². The Hall–Kier alpha value is -1.16. The molecule has 0 bridgehead atoms. The lowest BCUT2D eigenvalue weighted by Crippen LogP contribution is -2.22. The molecular weight excluding hydrogens is 152 g/mol. The predicted octanol–water partition coefficient (Wildman–Crippen LogP) is 0.557. The number of anilines is 1. The van der Waals surface area contributed by atoms with Crippen molar-refractivity contribution in [2.75, 3.05) is 5.73 Å². The zero-order chi connectivity index (χ0) is 8.97. The van der Waals surface area contributed by atoms with Gasteiger partial charge in [0.1, 0.15) is 0 Å². The summed E-state index contributed by atoms with van der Waals surface area (Å²) in [6.07, 6.45) is 1.67. The largest absolute Gasteiger partial charge is 0.368 e. The number of aromatic nitrogens is 2. The topological polar surface area (TPSA) is 63.8 Å². The van der Waals surface area contributed by atoms with Crippen molar-refractivity contribution in [2.45, 2.75) is 26.4 Å². The van der Waals surface area contributed by atoms with Crippen LogP contribution in [0.15, 0.2) is 12.3 Å². The Bertz CT molecular complexity index is 247. The highest BCUT2D eigenvalue weighted by Gasteiger charge is 1.96. The average molecular weight is 166 g/mol. The molecule has 0 aromatic carbocycles. The molecule has 66 valence electrons. The molecule has 0 spiro atoms. The first-order valence-corrected chi connectivity index (χ1v) is 3.99. The van der Waals surface area contributed by atoms with E-state index >= 15 is 0 Å². The highest BCUT2D eigenvalue weighted by molar-refractivity contribution is 5.16. The smallest absolute Gasteiger partial charge is 0.220 e. The number of hydrogen-bond donors (Lipinski definition) is 2. The molecule has 0 unspecified atom stereocenters. The minimum Gasteiger partial charge on any atom is -0.368 e. The summed E-state index contributed by atoms with van der Waals surface area (Å²) in [5, 5.41) is 3.24. The molecule has 3 N–H and O–H groups in total. The fourth-order valence-corrected chi connectivity index (χ4v) is 0.820. The highest BCUT2D eigenvalue weighted by Crippen LogP contribution is 1.95. The molecule has 1 aromatic rings. The second kappa shape index (κ2) is 4.01. The van der Waals surface area contributed by atoms with Gasteiger partial charge in [-0.1, -0.05) is 13.8 Å². The summed E-state index contributed by atoms with van der Waals surface area (Å²) in [5.74, 6) is 0.332. The van der Waals surface area contributed by atoms with Gasteiger partial charge in [0.2, 0.25) is 5.95 Å². The third-order valence-corrected chi connectivity index (χ3v) is 1.42. The summed E-state index contributed by atoms with van der Waals surface area (Å²) in [4.78, 5) is 7.86. The number of nitrogen functional groups attached to an aromatic ring is 1. The molecule has 1 aromatic heterocycles. The van der Waals surface area contributed by atoms with Crippen molar-refractivity contribution in [2.24, 2.45) is 0 Å². The fraction of sp³-hybridized carbons (Fsp3) is 0.500. The van der Waals surface area contributed by atoms with Gasteiger partial charge in [0, 0.05) is 18.8 Å². The second-order valence-corrected chi connectivity index (χ2v) is 2.94. The van der Waals surface area contributed by atoms with Gasteiger partial charge < -0.3 is 11.1 Å². The van der Waals surface area contributed by atoms with E-state index in [-0.39, 0.29) is 0 Å². The summed E-state index contributed by atoms with van der Waals surface area (Å²) < 4.78 is 0. The number of hydrogen-bond acceptors (Lipinski definition) is 4. The van der Waals surface area contributed by atoms with Crippen LogP contribution in [0.4, 0.5) is 5.95 Å². The number of nitrogens with one attached hydrogen (secondary N) is 1. The normalized spacial score (nSPS) is 10.6. The first-order valence-electron chi connectivity index (χ1n) is 3.99. The predicted molar refractivity (Wildman–Crippen MR) is 48.4 cm³/mol. The van der Waals surface area contributed by atoms with Crippen LogP contribution in [0, 0.1) is 0 Å². The van der Waals surface area contributed by atoms with E-state index in [9.17, 15) is 0 Å². The van der Waals surface area contributed by atoms with E-state index in [4.69, 9.17) is 5.73 Å². The maximum atomic E-state index is 5.41. The van der Waals surface area contributed by atoms with E-state index in [1.807, 2.05) is 6.07 Å². The van der Waals surface area contributed by atoms with Crippen LogP contribution in [0.1, 0.15) is 19.5 Å². The summed E-state index contributed by atoms with van der Waals surface area (Å²) in [6.45, 7) is 4.92. The monoisotopic (exact) mass is 166 g/mol. The Morgan fingerprint density at radius 1 is 1.58 bits per heavy atom. The van der Waals surface area contributed by atoms with Crippen molar-refractivity contribution in [1.82, 2.24) is 15.3 Å². The van der Waals surface area contributed by atoms with Crippen LogP contribution >= 0.6 is 0 Å². The minimum atomic E-state index is 0.332. The zero-order valence-electron chi connectivity index (χ0n) is 7.41. The molecule has 0 radical (unpaired) electrons. The molecule has 0 fully saturated rings. The third kappa shape index (κ3) is 2.84. The van der Waals surface area contributed by atoms with E-state index < -0.39 is 0 Å². The van der Waals surface area contributed by atoms with Crippen molar-refractivity contribution in [3.05, 3.63) is 18.0 Å². The number of nitrogens with two attached hydrogens (primary N) is 1. The molecule has 4 heteroatoms. The highest BCUT2D eigenvalue weighted by atomic mass is 15.0. The summed E-state index contributed by atoms with van der Waals surface area (Å²) in [7, 11) is 0. The Labute approximate surface area is 72.2 Å². The first kappa shape index (κ1) is 8.93. The maximum Gasteiger partial charge on any atom is 0.220 e. The Balaban J connectivity index is 2.52.